The number of nitrogens with one attached hydrogen (secondary N) is 1. The Balaban J connectivity index is 1.61. The number of aryl methyl sites for hydroxylation is 1. The smallest absolute Gasteiger partial charge is 0.244 e. The first-order chi connectivity index (χ1) is 14.3. The summed E-state index contributed by atoms with van der Waals surface area (Å²) in [4.78, 5) is 16.9. The van der Waals surface area contributed by atoms with Gasteiger partial charge in [-0.05, 0) is 42.3 Å². The number of pyridine rings is 1. The Morgan fingerprint density at radius 2 is 1.87 bits per heavy atom. The van der Waals surface area contributed by atoms with E-state index in [1.165, 1.54) is 10.4 Å². The van der Waals surface area contributed by atoms with Gasteiger partial charge in [0.15, 0.2) is 0 Å². The van der Waals surface area contributed by atoms with Crippen molar-refractivity contribution in [2.75, 3.05) is 13.1 Å². The number of imidazole rings is 1. The Kier molecular flexibility index (Phi) is 6.69. The summed E-state index contributed by atoms with van der Waals surface area (Å²) in [5, 5.41) is 2.81. The van der Waals surface area contributed by atoms with Crippen LogP contribution in [0.25, 0.3) is 11.7 Å². The fraction of sp³-hybridized carbons (Fsp3) is 0.273. The number of benzene rings is 1. The van der Waals surface area contributed by atoms with Crippen LogP contribution in [0.4, 0.5) is 0 Å². The molecule has 1 aromatic carbocycles. The SMILES string of the molecule is CCN(CC)S(=O)(=O)c1ccc(/C=C/C(=O)NCc2cn3cccc(C)c3n2)cc1. The van der Waals surface area contributed by atoms with Gasteiger partial charge in [0.05, 0.1) is 17.1 Å². The van der Waals surface area contributed by atoms with Gasteiger partial charge in [0, 0.05) is 31.6 Å². The lowest BCUT2D eigenvalue weighted by Crippen LogP contribution is -2.30. The summed E-state index contributed by atoms with van der Waals surface area (Å²) >= 11 is 0. The minimum absolute atomic E-state index is 0.245. The first-order valence-corrected chi connectivity index (χ1v) is 11.3. The monoisotopic (exact) mass is 426 g/mol. The predicted molar refractivity (Wildman–Crippen MR) is 117 cm³/mol. The topological polar surface area (TPSA) is 83.8 Å². The van der Waals surface area contributed by atoms with Crippen molar-refractivity contribution in [2.24, 2.45) is 0 Å². The second kappa shape index (κ2) is 9.23. The molecule has 0 fully saturated rings. The summed E-state index contributed by atoms with van der Waals surface area (Å²) in [6.45, 7) is 6.78. The van der Waals surface area contributed by atoms with Crippen molar-refractivity contribution in [3.05, 3.63) is 71.7 Å². The van der Waals surface area contributed by atoms with Crippen LogP contribution in [0.1, 0.15) is 30.7 Å². The van der Waals surface area contributed by atoms with Gasteiger partial charge >= 0.3 is 0 Å². The Bertz CT molecular complexity index is 1160. The molecule has 30 heavy (non-hydrogen) atoms. The Labute approximate surface area is 177 Å². The zero-order valence-corrected chi connectivity index (χ0v) is 18.2. The summed E-state index contributed by atoms with van der Waals surface area (Å²) in [6.07, 6.45) is 6.89. The number of sulfonamides is 1. The van der Waals surface area contributed by atoms with Gasteiger partial charge in [0.2, 0.25) is 15.9 Å². The van der Waals surface area contributed by atoms with Crippen molar-refractivity contribution in [1.82, 2.24) is 19.0 Å². The molecule has 0 radical (unpaired) electrons. The largest absolute Gasteiger partial charge is 0.347 e. The molecule has 0 unspecified atom stereocenters. The van der Waals surface area contributed by atoms with Crippen LogP contribution in [0.15, 0.2) is 59.8 Å². The summed E-state index contributed by atoms with van der Waals surface area (Å²) in [5.74, 6) is -0.247. The number of hydrogen-bond acceptors (Lipinski definition) is 4. The minimum atomic E-state index is -3.48. The van der Waals surface area contributed by atoms with E-state index < -0.39 is 10.0 Å². The second-order valence-corrected chi connectivity index (χ2v) is 8.80. The van der Waals surface area contributed by atoms with Gasteiger partial charge in [-0.15, -0.1) is 0 Å². The number of carbonyl (C=O) groups excluding carboxylic acids is 1. The number of fused-ring (bicyclic) bond motifs is 1. The number of aromatic nitrogens is 2. The fourth-order valence-corrected chi connectivity index (χ4v) is 4.62. The zero-order valence-electron chi connectivity index (χ0n) is 17.4. The standard InChI is InChI=1S/C22H26N4O3S/c1-4-26(5-2)30(28,29)20-11-8-18(9-12-20)10-13-21(27)23-15-19-16-25-14-6-7-17(3)22(25)24-19/h6-14,16H,4-5,15H2,1-3H3,(H,23,27)/b13-10+. The van der Waals surface area contributed by atoms with Crippen molar-refractivity contribution in [2.45, 2.75) is 32.2 Å². The van der Waals surface area contributed by atoms with Gasteiger partial charge in [-0.25, -0.2) is 13.4 Å². The van der Waals surface area contributed by atoms with E-state index in [9.17, 15) is 13.2 Å². The molecule has 1 amide bonds. The van der Waals surface area contributed by atoms with Crippen LogP contribution >= 0.6 is 0 Å². The minimum Gasteiger partial charge on any atom is -0.347 e. The van der Waals surface area contributed by atoms with E-state index in [1.54, 1.807) is 30.3 Å². The molecule has 0 atom stereocenters. The lowest BCUT2D eigenvalue weighted by atomic mass is 10.2. The van der Waals surface area contributed by atoms with Crippen LogP contribution in [0, 0.1) is 6.92 Å². The Hall–Kier alpha value is -2.97. The summed E-state index contributed by atoms with van der Waals surface area (Å²) in [5.41, 5.74) is 3.46. The van der Waals surface area contributed by atoms with E-state index >= 15 is 0 Å². The number of hydrogen-bond donors (Lipinski definition) is 1. The fourth-order valence-electron chi connectivity index (χ4n) is 3.16. The highest BCUT2D eigenvalue weighted by Gasteiger charge is 2.20. The summed E-state index contributed by atoms with van der Waals surface area (Å²) < 4.78 is 28.4. The molecule has 3 rings (SSSR count). The third kappa shape index (κ3) is 4.77. The average molecular weight is 427 g/mol. The van der Waals surface area contributed by atoms with Gasteiger partial charge in [-0.2, -0.15) is 4.31 Å². The number of rotatable bonds is 8. The van der Waals surface area contributed by atoms with Crippen LogP contribution in [-0.2, 0) is 21.4 Å². The molecule has 0 aliphatic rings. The van der Waals surface area contributed by atoms with Crippen molar-refractivity contribution in [3.63, 3.8) is 0 Å². The van der Waals surface area contributed by atoms with Crippen molar-refractivity contribution >= 4 is 27.7 Å². The van der Waals surface area contributed by atoms with Crippen LogP contribution in [0.5, 0.6) is 0 Å². The molecule has 7 nitrogen and oxygen atoms in total. The predicted octanol–water partition coefficient (Wildman–Crippen LogP) is 3.00. The lowest BCUT2D eigenvalue weighted by Gasteiger charge is -2.18. The van der Waals surface area contributed by atoms with Crippen molar-refractivity contribution in [3.8, 4) is 0 Å². The first kappa shape index (κ1) is 21.7. The normalized spacial score (nSPS) is 12.1. The van der Waals surface area contributed by atoms with Gasteiger partial charge in [-0.3, -0.25) is 4.79 Å². The summed E-state index contributed by atoms with van der Waals surface area (Å²) in [7, 11) is -3.48. The number of nitrogens with zero attached hydrogens (tertiary/aromatic N) is 3. The molecule has 8 heteroatoms. The Morgan fingerprint density at radius 1 is 1.17 bits per heavy atom. The third-order valence-corrected chi connectivity index (χ3v) is 6.89. The van der Waals surface area contributed by atoms with Gasteiger partial charge < -0.3 is 9.72 Å². The van der Waals surface area contributed by atoms with Crippen molar-refractivity contribution < 1.29 is 13.2 Å². The highest BCUT2D eigenvalue weighted by molar-refractivity contribution is 7.89. The maximum Gasteiger partial charge on any atom is 0.244 e. The highest BCUT2D eigenvalue weighted by Crippen LogP contribution is 2.17. The van der Waals surface area contributed by atoms with Crippen LogP contribution in [0.2, 0.25) is 0 Å². The Morgan fingerprint density at radius 3 is 2.50 bits per heavy atom. The molecule has 0 bridgehead atoms. The van der Waals surface area contributed by atoms with E-state index in [0.29, 0.717) is 19.6 Å². The van der Waals surface area contributed by atoms with Gasteiger partial charge in [0.25, 0.3) is 0 Å². The molecule has 0 aliphatic heterocycles. The molecule has 0 saturated heterocycles. The number of amides is 1. The van der Waals surface area contributed by atoms with Gasteiger partial charge in [0.1, 0.15) is 5.65 Å². The maximum atomic E-state index is 12.5. The molecule has 158 valence electrons. The molecule has 0 aliphatic carbocycles. The molecule has 0 saturated carbocycles. The lowest BCUT2D eigenvalue weighted by molar-refractivity contribution is -0.116. The maximum absolute atomic E-state index is 12.5. The molecular formula is C22H26N4O3S. The van der Waals surface area contributed by atoms with E-state index in [4.69, 9.17) is 0 Å². The van der Waals surface area contributed by atoms with E-state index in [2.05, 4.69) is 10.3 Å². The zero-order chi connectivity index (χ0) is 21.7. The quantitative estimate of drug-likeness (QED) is 0.561. The molecular weight excluding hydrogens is 400 g/mol. The van der Waals surface area contributed by atoms with E-state index in [0.717, 1.165) is 22.5 Å². The first-order valence-electron chi connectivity index (χ1n) is 9.84. The number of carbonyl (C=O) groups is 1. The van der Waals surface area contributed by atoms with Crippen LogP contribution < -0.4 is 5.32 Å². The summed E-state index contributed by atoms with van der Waals surface area (Å²) in [6, 6.07) is 10.4. The molecule has 2 heterocycles. The van der Waals surface area contributed by atoms with Crippen LogP contribution in [-0.4, -0.2) is 41.1 Å². The molecule has 1 N–H and O–H groups in total. The van der Waals surface area contributed by atoms with E-state index in [-0.39, 0.29) is 10.8 Å². The molecule has 0 spiro atoms. The second-order valence-electron chi connectivity index (χ2n) is 6.86. The van der Waals surface area contributed by atoms with E-state index in [1.807, 2.05) is 49.7 Å². The van der Waals surface area contributed by atoms with Crippen molar-refractivity contribution in [1.29, 1.82) is 0 Å². The highest BCUT2D eigenvalue weighted by atomic mass is 32.2. The molecule has 2 aromatic heterocycles. The molecule has 3 aromatic rings. The average Bonchev–Trinajstić information content (AvgIpc) is 3.16. The third-order valence-electron chi connectivity index (χ3n) is 4.82. The van der Waals surface area contributed by atoms with Crippen LogP contribution in [0.3, 0.4) is 0 Å². The van der Waals surface area contributed by atoms with Gasteiger partial charge in [-0.1, -0.05) is 32.0 Å².